The molecule has 21 heavy (non-hydrogen) atoms. The molecule has 6 heteroatoms. The first-order valence-electron chi connectivity index (χ1n) is 7.51. The van der Waals surface area contributed by atoms with Gasteiger partial charge >= 0.3 is 5.97 Å². The molecule has 1 aromatic rings. The van der Waals surface area contributed by atoms with Crippen LogP contribution in [-0.2, 0) is 16.1 Å². The van der Waals surface area contributed by atoms with Crippen LogP contribution < -0.4 is 5.32 Å². The number of carbonyl (C=O) groups is 2. The summed E-state index contributed by atoms with van der Waals surface area (Å²) in [7, 11) is 0. The largest absolute Gasteiger partial charge is 0.462 e. The molecule has 1 aliphatic rings. The van der Waals surface area contributed by atoms with Crippen LogP contribution in [0, 0.1) is 0 Å². The number of rotatable bonds is 7. The molecule has 1 N–H and O–H groups in total. The summed E-state index contributed by atoms with van der Waals surface area (Å²) in [5.74, 6) is -0.397. The first-order valence-corrected chi connectivity index (χ1v) is 7.51. The number of carbonyl (C=O) groups excluding carboxylic acids is 2. The number of hydrogen-bond acceptors (Lipinski definition) is 4. The Morgan fingerprint density at radius 2 is 2.10 bits per heavy atom. The highest BCUT2D eigenvalue weighted by atomic mass is 16.5. The second-order valence-corrected chi connectivity index (χ2v) is 5.19. The van der Waals surface area contributed by atoms with E-state index < -0.39 is 0 Å². The van der Waals surface area contributed by atoms with E-state index >= 15 is 0 Å². The molecule has 116 valence electrons. The van der Waals surface area contributed by atoms with Gasteiger partial charge in [-0.1, -0.05) is 0 Å². The summed E-state index contributed by atoms with van der Waals surface area (Å²) in [5, 5.41) is 2.90. The van der Waals surface area contributed by atoms with Gasteiger partial charge in [-0.2, -0.15) is 0 Å². The van der Waals surface area contributed by atoms with Crippen LogP contribution in [0.3, 0.4) is 0 Å². The molecule has 2 rings (SSSR count). The quantitative estimate of drug-likeness (QED) is 0.758. The SMILES string of the molecule is CCOC(=O)c1ccn(CC(=O)NCCN2CCCC2)c1. The average Bonchev–Trinajstić information content (AvgIpc) is 3.10. The van der Waals surface area contributed by atoms with Crippen LogP contribution in [-0.4, -0.2) is 54.1 Å². The van der Waals surface area contributed by atoms with Gasteiger partial charge < -0.3 is 19.5 Å². The average molecular weight is 293 g/mol. The van der Waals surface area contributed by atoms with Crippen LogP contribution >= 0.6 is 0 Å². The first-order chi connectivity index (χ1) is 10.2. The Hall–Kier alpha value is -1.82. The minimum absolute atomic E-state index is 0.0415. The zero-order valence-electron chi connectivity index (χ0n) is 12.5. The third kappa shape index (κ3) is 4.90. The topological polar surface area (TPSA) is 63.6 Å². The van der Waals surface area contributed by atoms with Gasteiger partial charge in [0.1, 0.15) is 6.54 Å². The molecule has 1 aromatic heterocycles. The number of likely N-dealkylation sites (tertiary alicyclic amines) is 1. The van der Waals surface area contributed by atoms with Crippen molar-refractivity contribution in [3.8, 4) is 0 Å². The predicted octanol–water partition coefficient (Wildman–Crippen LogP) is 0.877. The summed E-state index contributed by atoms with van der Waals surface area (Å²) in [5.41, 5.74) is 0.474. The van der Waals surface area contributed by atoms with Crippen molar-refractivity contribution in [3.63, 3.8) is 0 Å². The third-order valence-electron chi connectivity index (χ3n) is 3.54. The molecule has 1 amide bonds. The third-order valence-corrected chi connectivity index (χ3v) is 3.54. The Bertz CT molecular complexity index is 478. The Labute approximate surface area is 125 Å². The second kappa shape index (κ2) is 7.83. The van der Waals surface area contributed by atoms with Crippen molar-refractivity contribution in [1.82, 2.24) is 14.8 Å². The lowest BCUT2D eigenvalue weighted by Gasteiger charge is -2.14. The number of aromatic nitrogens is 1. The Morgan fingerprint density at radius 3 is 2.81 bits per heavy atom. The van der Waals surface area contributed by atoms with Crippen molar-refractivity contribution >= 4 is 11.9 Å². The van der Waals surface area contributed by atoms with Gasteiger partial charge in [-0.15, -0.1) is 0 Å². The molecule has 0 spiro atoms. The molecular weight excluding hydrogens is 270 g/mol. The molecule has 0 aliphatic carbocycles. The van der Waals surface area contributed by atoms with Gasteiger partial charge in [-0.05, 0) is 38.9 Å². The lowest BCUT2D eigenvalue weighted by atomic mass is 10.3. The minimum Gasteiger partial charge on any atom is -0.462 e. The van der Waals surface area contributed by atoms with E-state index in [1.807, 2.05) is 0 Å². The van der Waals surface area contributed by atoms with Crippen LogP contribution in [0.2, 0.25) is 0 Å². The zero-order chi connectivity index (χ0) is 15.1. The van der Waals surface area contributed by atoms with E-state index in [-0.39, 0.29) is 18.4 Å². The zero-order valence-corrected chi connectivity index (χ0v) is 12.5. The molecule has 0 radical (unpaired) electrons. The normalized spacial score (nSPS) is 15.1. The smallest absolute Gasteiger partial charge is 0.339 e. The van der Waals surface area contributed by atoms with Crippen molar-refractivity contribution in [3.05, 3.63) is 24.0 Å². The van der Waals surface area contributed by atoms with Crippen molar-refractivity contribution in [2.45, 2.75) is 26.3 Å². The Morgan fingerprint density at radius 1 is 1.33 bits per heavy atom. The summed E-state index contributed by atoms with van der Waals surface area (Å²) in [6.07, 6.45) is 5.87. The summed E-state index contributed by atoms with van der Waals surface area (Å²) in [6.45, 7) is 6.19. The maximum Gasteiger partial charge on any atom is 0.339 e. The number of hydrogen-bond donors (Lipinski definition) is 1. The predicted molar refractivity (Wildman–Crippen MR) is 79.1 cm³/mol. The van der Waals surface area contributed by atoms with Gasteiger partial charge in [-0.3, -0.25) is 4.79 Å². The molecular formula is C15H23N3O3. The van der Waals surface area contributed by atoms with Crippen molar-refractivity contribution in [1.29, 1.82) is 0 Å². The van der Waals surface area contributed by atoms with Crippen LogP contribution in [0.5, 0.6) is 0 Å². The van der Waals surface area contributed by atoms with Crippen LogP contribution in [0.1, 0.15) is 30.1 Å². The van der Waals surface area contributed by atoms with Gasteiger partial charge in [0.15, 0.2) is 0 Å². The number of esters is 1. The van der Waals surface area contributed by atoms with E-state index in [0.717, 1.165) is 19.6 Å². The molecule has 1 aliphatic heterocycles. The molecule has 0 atom stereocenters. The summed E-state index contributed by atoms with van der Waals surface area (Å²) < 4.78 is 6.60. The fraction of sp³-hybridized carbons (Fsp3) is 0.600. The van der Waals surface area contributed by atoms with Crippen LogP contribution in [0.25, 0.3) is 0 Å². The monoisotopic (exact) mass is 293 g/mol. The van der Waals surface area contributed by atoms with E-state index in [1.54, 1.807) is 30.0 Å². The highest BCUT2D eigenvalue weighted by molar-refractivity contribution is 5.89. The summed E-state index contributed by atoms with van der Waals surface area (Å²) in [6, 6.07) is 1.66. The highest BCUT2D eigenvalue weighted by Gasteiger charge is 2.12. The lowest BCUT2D eigenvalue weighted by molar-refractivity contribution is -0.121. The van der Waals surface area contributed by atoms with Crippen molar-refractivity contribution < 1.29 is 14.3 Å². The lowest BCUT2D eigenvalue weighted by Crippen LogP contribution is -2.35. The van der Waals surface area contributed by atoms with Crippen LogP contribution in [0.4, 0.5) is 0 Å². The standard InChI is InChI=1S/C15H23N3O3/c1-2-21-15(20)13-5-9-18(11-13)12-14(19)16-6-10-17-7-3-4-8-17/h5,9,11H,2-4,6-8,10,12H2,1H3,(H,16,19). The molecule has 1 fully saturated rings. The van der Waals surface area contributed by atoms with Gasteiger partial charge in [0.05, 0.1) is 12.2 Å². The Balaban J connectivity index is 1.70. The van der Waals surface area contributed by atoms with Gasteiger partial charge in [0.2, 0.25) is 5.91 Å². The minimum atomic E-state index is -0.356. The number of nitrogens with one attached hydrogen (secondary N) is 1. The van der Waals surface area contributed by atoms with Gasteiger partial charge in [0, 0.05) is 25.5 Å². The maximum absolute atomic E-state index is 11.8. The fourth-order valence-corrected chi connectivity index (χ4v) is 2.46. The molecule has 6 nitrogen and oxygen atoms in total. The highest BCUT2D eigenvalue weighted by Crippen LogP contribution is 2.06. The van der Waals surface area contributed by atoms with E-state index in [9.17, 15) is 9.59 Å². The van der Waals surface area contributed by atoms with Crippen molar-refractivity contribution in [2.24, 2.45) is 0 Å². The molecule has 2 heterocycles. The molecule has 0 bridgehead atoms. The Kier molecular flexibility index (Phi) is 5.80. The van der Waals surface area contributed by atoms with Crippen molar-refractivity contribution in [2.75, 3.05) is 32.8 Å². The second-order valence-electron chi connectivity index (χ2n) is 5.19. The maximum atomic E-state index is 11.8. The molecule has 1 saturated heterocycles. The first kappa shape index (κ1) is 15.6. The van der Waals surface area contributed by atoms with E-state index in [4.69, 9.17) is 4.74 Å². The van der Waals surface area contributed by atoms with Crippen LogP contribution in [0.15, 0.2) is 18.5 Å². The number of amides is 1. The molecule has 0 saturated carbocycles. The summed E-state index contributed by atoms with van der Waals surface area (Å²) in [4.78, 5) is 25.7. The molecule has 0 unspecified atom stereocenters. The van der Waals surface area contributed by atoms with E-state index in [1.165, 1.54) is 12.8 Å². The number of ether oxygens (including phenoxy) is 1. The van der Waals surface area contributed by atoms with E-state index in [2.05, 4.69) is 10.2 Å². The van der Waals surface area contributed by atoms with Gasteiger partial charge in [0.25, 0.3) is 0 Å². The van der Waals surface area contributed by atoms with E-state index in [0.29, 0.717) is 18.7 Å². The molecule has 0 aromatic carbocycles. The number of nitrogens with zero attached hydrogens (tertiary/aromatic N) is 2. The summed E-state index contributed by atoms with van der Waals surface area (Å²) >= 11 is 0. The fourth-order valence-electron chi connectivity index (χ4n) is 2.46. The van der Waals surface area contributed by atoms with Gasteiger partial charge in [-0.25, -0.2) is 4.79 Å².